The summed E-state index contributed by atoms with van der Waals surface area (Å²) in [7, 11) is 0. The first-order chi connectivity index (χ1) is 11.4. The molecule has 7 nitrogen and oxygen atoms in total. The third-order valence-corrected chi connectivity index (χ3v) is 3.32. The molecule has 0 rings (SSSR count). The number of alkyl carbamates (subject to hydrolysis) is 1. The lowest BCUT2D eigenvalue weighted by atomic mass is 9.98. The predicted octanol–water partition coefficient (Wildman–Crippen LogP) is 2.89. The average molecular weight is 358 g/mol. The fourth-order valence-electron chi connectivity index (χ4n) is 2.58. The molecular formula is C18H34N2O5. The Morgan fingerprint density at radius 1 is 1.16 bits per heavy atom. The molecule has 0 aromatic heterocycles. The van der Waals surface area contributed by atoms with Gasteiger partial charge in [-0.1, -0.05) is 20.8 Å². The highest BCUT2D eigenvalue weighted by molar-refractivity contribution is 5.81. The fourth-order valence-corrected chi connectivity index (χ4v) is 2.58. The van der Waals surface area contributed by atoms with Crippen molar-refractivity contribution in [1.29, 1.82) is 0 Å². The zero-order valence-electron chi connectivity index (χ0n) is 16.4. The molecule has 0 aliphatic carbocycles. The molecule has 0 saturated heterocycles. The number of carboxylic acids is 1. The number of hydrogen-bond donors (Lipinski definition) is 2. The van der Waals surface area contributed by atoms with E-state index in [2.05, 4.69) is 19.2 Å². The molecule has 0 radical (unpaired) electrons. The number of hydrogen-bond acceptors (Lipinski definition) is 4. The number of nitrogens with one attached hydrogen (secondary N) is 1. The van der Waals surface area contributed by atoms with Crippen molar-refractivity contribution in [2.75, 3.05) is 19.6 Å². The van der Waals surface area contributed by atoms with Crippen molar-refractivity contribution in [2.45, 2.75) is 66.4 Å². The highest BCUT2D eigenvalue weighted by Gasteiger charge is 2.20. The van der Waals surface area contributed by atoms with Gasteiger partial charge in [0.1, 0.15) is 12.1 Å². The minimum Gasteiger partial charge on any atom is -0.480 e. The van der Waals surface area contributed by atoms with Crippen LogP contribution in [0.5, 0.6) is 0 Å². The standard InChI is InChI=1S/C18H34N2O5/c1-13(2)10-14(3)11-20(12-16(22)23)15(21)8-7-9-19-17(24)25-18(4,5)6/h13-14H,7-12H2,1-6H3,(H,19,24)(H,22,23)/t14-/m0/s1. The Balaban J connectivity index is 4.34. The summed E-state index contributed by atoms with van der Waals surface area (Å²) < 4.78 is 5.11. The Morgan fingerprint density at radius 2 is 1.76 bits per heavy atom. The van der Waals surface area contributed by atoms with Gasteiger partial charge in [-0.3, -0.25) is 9.59 Å². The third kappa shape index (κ3) is 13.2. The van der Waals surface area contributed by atoms with Gasteiger partial charge in [0, 0.05) is 19.5 Å². The lowest BCUT2D eigenvalue weighted by Crippen LogP contribution is -2.39. The molecule has 0 aromatic carbocycles. The van der Waals surface area contributed by atoms with Crippen LogP contribution in [0, 0.1) is 11.8 Å². The van der Waals surface area contributed by atoms with Gasteiger partial charge in [-0.25, -0.2) is 4.79 Å². The van der Waals surface area contributed by atoms with Crippen molar-refractivity contribution in [1.82, 2.24) is 10.2 Å². The summed E-state index contributed by atoms with van der Waals surface area (Å²) >= 11 is 0. The van der Waals surface area contributed by atoms with Crippen LogP contribution in [-0.4, -0.2) is 53.2 Å². The van der Waals surface area contributed by atoms with Gasteiger partial charge >= 0.3 is 12.1 Å². The highest BCUT2D eigenvalue weighted by Crippen LogP contribution is 2.13. The first-order valence-corrected chi connectivity index (χ1v) is 8.87. The van der Waals surface area contributed by atoms with E-state index in [1.54, 1.807) is 20.8 Å². The number of aliphatic carboxylic acids is 1. The maximum atomic E-state index is 12.3. The van der Waals surface area contributed by atoms with Crippen LogP contribution in [0.2, 0.25) is 0 Å². The second-order valence-corrected chi connectivity index (χ2v) is 7.93. The van der Waals surface area contributed by atoms with E-state index in [0.29, 0.717) is 25.4 Å². The quantitative estimate of drug-likeness (QED) is 0.585. The molecule has 0 spiro atoms. The molecule has 25 heavy (non-hydrogen) atoms. The Hall–Kier alpha value is -1.79. The molecule has 0 saturated carbocycles. The average Bonchev–Trinajstić information content (AvgIpc) is 2.39. The Bertz CT molecular complexity index is 443. The van der Waals surface area contributed by atoms with Gasteiger partial charge in [0.2, 0.25) is 5.91 Å². The van der Waals surface area contributed by atoms with Crippen molar-refractivity contribution < 1.29 is 24.2 Å². The molecule has 0 unspecified atom stereocenters. The van der Waals surface area contributed by atoms with E-state index in [0.717, 1.165) is 6.42 Å². The number of carbonyl (C=O) groups excluding carboxylic acids is 2. The van der Waals surface area contributed by atoms with Crippen molar-refractivity contribution in [2.24, 2.45) is 11.8 Å². The first-order valence-electron chi connectivity index (χ1n) is 8.87. The molecule has 0 fully saturated rings. The van der Waals surface area contributed by atoms with Crippen LogP contribution in [0.4, 0.5) is 4.79 Å². The molecule has 0 aliphatic rings. The Morgan fingerprint density at radius 3 is 2.24 bits per heavy atom. The van der Waals surface area contributed by atoms with Gasteiger partial charge in [-0.05, 0) is 45.4 Å². The summed E-state index contributed by atoms with van der Waals surface area (Å²) in [6, 6.07) is 0. The summed E-state index contributed by atoms with van der Waals surface area (Å²) in [5.41, 5.74) is -0.565. The number of ether oxygens (including phenoxy) is 1. The minimum absolute atomic E-state index is 0.192. The number of carbonyl (C=O) groups is 3. The van der Waals surface area contributed by atoms with E-state index in [4.69, 9.17) is 9.84 Å². The van der Waals surface area contributed by atoms with Crippen molar-refractivity contribution >= 4 is 18.0 Å². The first kappa shape index (κ1) is 23.2. The smallest absolute Gasteiger partial charge is 0.407 e. The summed E-state index contributed by atoms with van der Waals surface area (Å²) in [6.07, 6.45) is 1.04. The summed E-state index contributed by atoms with van der Waals surface area (Å²) in [6.45, 7) is 12.0. The van der Waals surface area contributed by atoms with E-state index in [1.165, 1.54) is 4.90 Å². The number of amides is 2. The van der Waals surface area contributed by atoms with Gasteiger partial charge in [0.05, 0.1) is 0 Å². The molecular weight excluding hydrogens is 324 g/mol. The zero-order chi connectivity index (χ0) is 19.6. The Kier molecular flexibility index (Phi) is 10.2. The second kappa shape index (κ2) is 10.9. The van der Waals surface area contributed by atoms with Crippen LogP contribution in [-0.2, 0) is 14.3 Å². The van der Waals surface area contributed by atoms with Crippen molar-refractivity contribution in [3.8, 4) is 0 Å². The molecule has 0 bridgehead atoms. The lowest BCUT2D eigenvalue weighted by molar-refractivity contribution is -0.145. The molecule has 2 amide bonds. The van der Waals surface area contributed by atoms with Gasteiger partial charge in [-0.2, -0.15) is 0 Å². The van der Waals surface area contributed by atoms with Gasteiger partial charge in [-0.15, -0.1) is 0 Å². The van der Waals surface area contributed by atoms with E-state index >= 15 is 0 Å². The molecule has 0 aromatic rings. The maximum Gasteiger partial charge on any atom is 0.407 e. The molecule has 0 aliphatic heterocycles. The zero-order valence-corrected chi connectivity index (χ0v) is 16.4. The van der Waals surface area contributed by atoms with Crippen LogP contribution in [0.1, 0.15) is 60.8 Å². The van der Waals surface area contributed by atoms with Crippen LogP contribution in [0.15, 0.2) is 0 Å². The number of rotatable bonds is 10. The largest absolute Gasteiger partial charge is 0.480 e. The van der Waals surface area contributed by atoms with E-state index in [1.807, 2.05) is 6.92 Å². The van der Waals surface area contributed by atoms with Crippen LogP contribution in [0.25, 0.3) is 0 Å². The monoisotopic (exact) mass is 358 g/mol. The van der Waals surface area contributed by atoms with Crippen LogP contribution >= 0.6 is 0 Å². The molecule has 1 atom stereocenters. The molecule has 2 N–H and O–H groups in total. The number of nitrogens with zero attached hydrogens (tertiary/aromatic N) is 1. The predicted molar refractivity (Wildman–Crippen MR) is 96.3 cm³/mol. The number of carboxylic acid groups (broad SMARTS) is 1. The van der Waals surface area contributed by atoms with Crippen LogP contribution < -0.4 is 5.32 Å². The second-order valence-electron chi connectivity index (χ2n) is 7.93. The SMILES string of the molecule is CC(C)C[C@H](C)CN(CC(=O)O)C(=O)CCCNC(=O)OC(C)(C)C. The lowest BCUT2D eigenvalue weighted by Gasteiger charge is -2.25. The normalized spacial score (nSPS) is 12.6. The van der Waals surface area contributed by atoms with Gasteiger partial charge < -0.3 is 20.1 Å². The topological polar surface area (TPSA) is 95.9 Å². The van der Waals surface area contributed by atoms with E-state index in [-0.39, 0.29) is 24.8 Å². The van der Waals surface area contributed by atoms with Crippen LogP contribution in [0.3, 0.4) is 0 Å². The fraction of sp³-hybridized carbons (Fsp3) is 0.833. The van der Waals surface area contributed by atoms with E-state index < -0.39 is 17.7 Å². The highest BCUT2D eigenvalue weighted by atomic mass is 16.6. The van der Waals surface area contributed by atoms with Gasteiger partial charge in [0.25, 0.3) is 0 Å². The molecule has 0 heterocycles. The van der Waals surface area contributed by atoms with E-state index in [9.17, 15) is 14.4 Å². The minimum atomic E-state index is -1.02. The summed E-state index contributed by atoms with van der Waals surface area (Å²) in [5, 5.41) is 11.6. The van der Waals surface area contributed by atoms with Gasteiger partial charge in [0.15, 0.2) is 0 Å². The van der Waals surface area contributed by atoms with Crippen molar-refractivity contribution in [3.05, 3.63) is 0 Å². The Labute approximate surface area is 151 Å². The maximum absolute atomic E-state index is 12.3. The summed E-state index contributed by atoms with van der Waals surface area (Å²) in [5.74, 6) is -0.487. The summed E-state index contributed by atoms with van der Waals surface area (Å²) in [4.78, 5) is 36.2. The van der Waals surface area contributed by atoms with Crippen molar-refractivity contribution in [3.63, 3.8) is 0 Å². The molecule has 146 valence electrons. The third-order valence-electron chi connectivity index (χ3n) is 3.32. The molecule has 7 heteroatoms.